The molecule has 0 unspecified atom stereocenters. The number of imide groups is 1. The molecule has 3 rings (SSSR count). The van der Waals surface area contributed by atoms with E-state index in [2.05, 4.69) is 6.92 Å². The van der Waals surface area contributed by atoms with Gasteiger partial charge < -0.3 is 14.2 Å². The molecule has 1 heterocycles. The van der Waals surface area contributed by atoms with Crippen LogP contribution in [0.25, 0.3) is 6.08 Å². The Balaban J connectivity index is 1.95. The second kappa shape index (κ2) is 8.39. The van der Waals surface area contributed by atoms with Crippen molar-refractivity contribution < 1.29 is 23.8 Å². The van der Waals surface area contributed by atoms with Crippen LogP contribution < -0.4 is 19.1 Å². The van der Waals surface area contributed by atoms with Crippen LogP contribution in [0.15, 0.2) is 41.3 Å². The zero-order valence-corrected chi connectivity index (χ0v) is 17.0. The summed E-state index contributed by atoms with van der Waals surface area (Å²) in [7, 11) is 4.57. The zero-order chi connectivity index (χ0) is 20.3. The van der Waals surface area contributed by atoms with E-state index in [4.69, 9.17) is 14.2 Å². The fraction of sp³-hybridized carbons (Fsp3) is 0.238. The second-order valence-electron chi connectivity index (χ2n) is 6.00. The summed E-state index contributed by atoms with van der Waals surface area (Å²) in [6.07, 6.45) is 2.54. The molecule has 0 N–H and O–H groups in total. The van der Waals surface area contributed by atoms with Crippen LogP contribution in [-0.4, -0.2) is 32.5 Å². The van der Waals surface area contributed by atoms with Crippen LogP contribution in [0.5, 0.6) is 17.2 Å². The van der Waals surface area contributed by atoms with E-state index in [0.717, 1.165) is 23.7 Å². The standard InChI is InChI=1S/C21H21NO5S/c1-5-13-6-8-15(9-7-13)22-20(23)18(28-21(22)24)12-14-10-16(25-2)19(27-4)17(11-14)26-3/h6-12H,5H2,1-4H3/b18-12-. The molecule has 0 aromatic heterocycles. The first kappa shape index (κ1) is 19.8. The van der Waals surface area contributed by atoms with E-state index in [1.165, 1.54) is 26.2 Å². The molecule has 0 spiro atoms. The Morgan fingerprint density at radius 2 is 1.57 bits per heavy atom. The summed E-state index contributed by atoms with van der Waals surface area (Å²) in [5.41, 5.74) is 2.37. The number of methoxy groups -OCH3 is 3. The summed E-state index contributed by atoms with van der Waals surface area (Å²) in [6, 6.07) is 10.9. The van der Waals surface area contributed by atoms with Crippen molar-refractivity contribution in [3.8, 4) is 17.2 Å². The molecular formula is C21H21NO5S. The van der Waals surface area contributed by atoms with Crippen molar-refractivity contribution in [2.75, 3.05) is 26.2 Å². The van der Waals surface area contributed by atoms with Gasteiger partial charge in [-0.3, -0.25) is 9.59 Å². The van der Waals surface area contributed by atoms with E-state index in [1.54, 1.807) is 30.3 Å². The first-order chi connectivity index (χ1) is 13.5. The van der Waals surface area contributed by atoms with Crippen LogP contribution in [0.3, 0.4) is 0 Å². The number of carbonyl (C=O) groups excluding carboxylic acids is 2. The number of anilines is 1. The molecule has 0 bridgehead atoms. The van der Waals surface area contributed by atoms with Gasteiger partial charge in [0.15, 0.2) is 11.5 Å². The Bertz CT molecular complexity index is 911. The lowest BCUT2D eigenvalue weighted by atomic mass is 10.1. The molecule has 146 valence electrons. The van der Waals surface area contributed by atoms with Crippen molar-refractivity contribution in [1.29, 1.82) is 0 Å². The van der Waals surface area contributed by atoms with Gasteiger partial charge in [0.1, 0.15) is 0 Å². The van der Waals surface area contributed by atoms with Crippen LogP contribution >= 0.6 is 11.8 Å². The second-order valence-corrected chi connectivity index (χ2v) is 6.99. The number of hydrogen-bond donors (Lipinski definition) is 0. The third-order valence-corrected chi connectivity index (χ3v) is 5.25. The molecule has 1 saturated heterocycles. The molecule has 6 nitrogen and oxygen atoms in total. The Labute approximate surface area is 168 Å². The summed E-state index contributed by atoms with van der Waals surface area (Å²) in [4.78, 5) is 26.8. The van der Waals surface area contributed by atoms with E-state index in [0.29, 0.717) is 33.4 Å². The maximum atomic E-state index is 12.8. The van der Waals surface area contributed by atoms with Crippen molar-refractivity contribution in [2.24, 2.45) is 0 Å². The summed E-state index contributed by atoms with van der Waals surface area (Å²) in [5.74, 6) is 1.06. The van der Waals surface area contributed by atoms with E-state index in [-0.39, 0.29) is 11.1 Å². The largest absolute Gasteiger partial charge is 0.493 e. The molecule has 1 aliphatic heterocycles. The van der Waals surface area contributed by atoms with Gasteiger partial charge in [0, 0.05) is 0 Å². The van der Waals surface area contributed by atoms with Crippen LogP contribution in [0.2, 0.25) is 0 Å². The number of thioether (sulfide) groups is 1. The van der Waals surface area contributed by atoms with E-state index >= 15 is 0 Å². The fourth-order valence-corrected chi connectivity index (χ4v) is 3.75. The summed E-state index contributed by atoms with van der Waals surface area (Å²) >= 11 is 0.904. The molecule has 0 aliphatic carbocycles. The van der Waals surface area contributed by atoms with Crippen molar-refractivity contribution in [2.45, 2.75) is 13.3 Å². The normalized spacial score (nSPS) is 15.3. The Morgan fingerprint density at radius 1 is 0.964 bits per heavy atom. The molecule has 0 saturated carbocycles. The Kier molecular flexibility index (Phi) is 5.94. The van der Waals surface area contributed by atoms with Gasteiger partial charge >= 0.3 is 0 Å². The first-order valence-electron chi connectivity index (χ1n) is 8.69. The van der Waals surface area contributed by atoms with E-state index in [9.17, 15) is 9.59 Å². The van der Waals surface area contributed by atoms with Gasteiger partial charge in [0.2, 0.25) is 5.75 Å². The van der Waals surface area contributed by atoms with Crippen molar-refractivity contribution in [3.05, 3.63) is 52.4 Å². The highest BCUT2D eigenvalue weighted by Crippen LogP contribution is 2.41. The number of carbonyl (C=O) groups is 2. The molecule has 1 aliphatic rings. The van der Waals surface area contributed by atoms with Gasteiger partial charge in [-0.25, -0.2) is 4.90 Å². The van der Waals surface area contributed by atoms with Crippen molar-refractivity contribution >= 4 is 34.7 Å². The molecule has 2 amide bonds. The molecule has 1 fully saturated rings. The molecule has 28 heavy (non-hydrogen) atoms. The van der Waals surface area contributed by atoms with Gasteiger partial charge in [-0.15, -0.1) is 0 Å². The average Bonchev–Trinajstić information content (AvgIpc) is 3.00. The quantitative estimate of drug-likeness (QED) is 0.666. The lowest BCUT2D eigenvalue weighted by Gasteiger charge is -2.13. The van der Waals surface area contributed by atoms with E-state index in [1.807, 2.05) is 12.1 Å². The summed E-state index contributed by atoms with van der Waals surface area (Å²) in [6.45, 7) is 2.05. The van der Waals surface area contributed by atoms with Gasteiger partial charge in [-0.05, 0) is 59.7 Å². The van der Waals surface area contributed by atoms with E-state index < -0.39 is 0 Å². The topological polar surface area (TPSA) is 65.1 Å². The highest BCUT2D eigenvalue weighted by Gasteiger charge is 2.36. The highest BCUT2D eigenvalue weighted by molar-refractivity contribution is 8.19. The molecule has 2 aromatic carbocycles. The smallest absolute Gasteiger partial charge is 0.298 e. The number of amides is 2. The fourth-order valence-electron chi connectivity index (χ4n) is 2.91. The molecule has 2 aromatic rings. The molecule has 7 heteroatoms. The minimum absolute atomic E-state index is 0.326. The van der Waals surface area contributed by atoms with Gasteiger partial charge in [0.05, 0.1) is 31.9 Å². The highest BCUT2D eigenvalue weighted by atomic mass is 32.2. The lowest BCUT2D eigenvalue weighted by Crippen LogP contribution is -2.27. The van der Waals surface area contributed by atoms with Gasteiger partial charge in [0.25, 0.3) is 11.1 Å². The maximum absolute atomic E-state index is 12.8. The van der Waals surface area contributed by atoms with Crippen LogP contribution in [0, 0.1) is 0 Å². The Hall–Kier alpha value is -2.93. The lowest BCUT2D eigenvalue weighted by molar-refractivity contribution is -0.113. The van der Waals surface area contributed by atoms with Crippen LogP contribution in [0.4, 0.5) is 10.5 Å². The summed E-state index contributed by atoms with van der Waals surface area (Å²) < 4.78 is 16.0. The molecule has 0 atom stereocenters. The first-order valence-corrected chi connectivity index (χ1v) is 9.51. The number of nitrogens with zero attached hydrogens (tertiary/aromatic N) is 1. The Morgan fingerprint density at radius 3 is 2.07 bits per heavy atom. The maximum Gasteiger partial charge on any atom is 0.298 e. The number of ether oxygens (including phenoxy) is 3. The third kappa shape index (κ3) is 3.71. The number of benzene rings is 2. The molecule has 0 radical (unpaired) electrons. The van der Waals surface area contributed by atoms with Crippen LogP contribution in [0.1, 0.15) is 18.1 Å². The monoisotopic (exact) mass is 399 g/mol. The molecular weight excluding hydrogens is 378 g/mol. The van der Waals surface area contributed by atoms with Crippen LogP contribution in [-0.2, 0) is 11.2 Å². The van der Waals surface area contributed by atoms with Crippen molar-refractivity contribution in [3.63, 3.8) is 0 Å². The SMILES string of the molecule is CCc1ccc(N2C(=O)S/C(=C\c3cc(OC)c(OC)c(OC)c3)C2=O)cc1. The average molecular weight is 399 g/mol. The minimum atomic E-state index is -0.354. The number of aryl methyl sites for hydroxylation is 1. The zero-order valence-electron chi connectivity index (χ0n) is 16.1. The minimum Gasteiger partial charge on any atom is -0.493 e. The van der Waals surface area contributed by atoms with Gasteiger partial charge in [-0.2, -0.15) is 0 Å². The third-order valence-electron chi connectivity index (χ3n) is 4.38. The number of rotatable bonds is 6. The van der Waals surface area contributed by atoms with Gasteiger partial charge in [-0.1, -0.05) is 19.1 Å². The van der Waals surface area contributed by atoms with Crippen molar-refractivity contribution in [1.82, 2.24) is 0 Å². The predicted octanol–water partition coefficient (Wildman–Crippen LogP) is 4.52. The predicted molar refractivity (Wildman–Crippen MR) is 110 cm³/mol. The summed E-state index contributed by atoms with van der Waals surface area (Å²) in [5, 5.41) is -0.326. The number of hydrogen-bond acceptors (Lipinski definition) is 6.